The minimum absolute atomic E-state index is 0.245. The maximum atomic E-state index is 5.18. The second kappa shape index (κ2) is 11.7. The Hall–Kier alpha value is -5.24. The second-order valence-corrected chi connectivity index (χ2v) is 15.5. The van der Waals surface area contributed by atoms with Crippen molar-refractivity contribution in [1.29, 1.82) is 0 Å². The predicted molar refractivity (Wildman–Crippen MR) is 207 cm³/mol. The van der Waals surface area contributed by atoms with Gasteiger partial charge in [0.15, 0.2) is 5.82 Å². The first-order valence-electron chi connectivity index (χ1n) is 17.3. The quantitative estimate of drug-likeness (QED) is 0.180. The van der Waals surface area contributed by atoms with Crippen molar-refractivity contribution in [2.24, 2.45) is 9.98 Å². The third-order valence-corrected chi connectivity index (χ3v) is 11.2. The van der Waals surface area contributed by atoms with E-state index in [4.69, 9.17) is 29.9 Å². The summed E-state index contributed by atoms with van der Waals surface area (Å²) in [4.78, 5) is 34.3. The summed E-state index contributed by atoms with van der Waals surface area (Å²) in [5.74, 6) is 2.52. The van der Waals surface area contributed by atoms with Crippen molar-refractivity contribution >= 4 is 23.0 Å². The zero-order valence-corrected chi connectivity index (χ0v) is 30.8. The van der Waals surface area contributed by atoms with Crippen molar-refractivity contribution in [1.82, 2.24) is 19.9 Å². The van der Waals surface area contributed by atoms with Gasteiger partial charge in [0.25, 0.3) is 0 Å². The van der Waals surface area contributed by atoms with E-state index >= 15 is 0 Å². The molecule has 0 unspecified atom stereocenters. The fraction of sp³-hybridized carbons (Fsp3) is 0.333. The Balaban J connectivity index is 1.35. The van der Waals surface area contributed by atoms with Crippen LogP contribution in [0, 0.1) is 0 Å². The average Bonchev–Trinajstić information content (AvgIpc) is 3.36. The van der Waals surface area contributed by atoms with E-state index in [0.29, 0.717) is 5.82 Å². The smallest absolute Gasteiger partial charge is 0.162 e. The normalized spacial score (nSPS) is 18.6. The molecule has 50 heavy (non-hydrogen) atoms. The van der Waals surface area contributed by atoms with Crippen LogP contribution in [0.25, 0.3) is 45.0 Å². The van der Waals surface area contributed by atoms with Gasteiger partial charge in [-0.15, -0.1) is 0 Å². The molecule has 2 aliphatic rings. The molecule has 2 aliphatic heterocycles. The maximum Gasteiger partial charge on any atom is 0.162 e. The standard InChI is InChI=1S/C42H46N8/c1-27-47-39(3,4)41(7,8)49(27)34-20-32(23-43-25-34)37-22-36(31-18-16-30(17-19-31)29-14-12-11-13-15-29)45-38(46-37)33-21-35(26-44-24-33)50-28(2)48-40(5,6)42(50,9)10/h11-26H,1-10H3. The number of benzene rings is 2. The van der Waals surface area contributed by atoms with E-state index in [9.17, 15) is 0 Å². The Morgan fingerprint density at radius 1 is 0.460 bits per heavy atom. The van der Waals surface area contributed by atoms with Gasteiger partial charge in [-0.05, 0) is 98.6 Å². The molecule has 0 spiro atoms. The molecular formula is C42H46N8. The zero-order chi connectivity index (χ0) is 35.6. The van der Waals surface area contributed by atoms with Crippen molar-refractivity contribution in [3.63, 3.8) is 0 Å². The number of nitrogens with zero attached hydrogens (tertiary/aromatic N) is 8. The van der Waals surface area contributed by atoms with Gasteiger partial charge in [0.1, 0.15) is 11.7 Å². The summed E-state index contributed by atoms with van der Waals surface area (Å²) in [6.07, 6.45) is 7.53. The first-order chi connectivity index (χ1) is 23.6. The Morgan fingerprint density at radius 3 is 1.40 bits per heavy atom. The average molecular weight is 663 g/mol. The Bertz CT molecular complexity index is 2030. The Kier molecular flexibility index (Phi) is 7.77. The summed E-state index contributed by atoms with van der Waals surface area (Å²) in [7, 11) is 0. The Morgan fingerprint density at radius 2 is 0.900 bits per heavy atom. The van der Waals surface area contributed by atoms with Crippen LogP contribution in [0.2, 0.25) is 0 Å². The van der Waals surface area contributed by atoms with Gasteiger partial charge < -0.3 is 9.80 Å². The molecule has 0 amide bonds. The van der Waals surface area contributed by atoms with Gasteiger partial charge in [0.05, 0.1) is 57.3 Å². The molecule has 0 aliphatic carbocycles. The molecule has 254 valence electrons. The molecule has 0 atom stereocenters. The molecule has 8 heteroatoms. The van der Waals surface area contributed by atoms with Gasteiger partial charge >= 0.3 is 0 Å². The largest absolute Gasteiger partial charge is 0.321 e. The molecular weight excluding hydrogens is 617 g/mol. The first-order valence-corrected chi connectivity index (χ1v) is 17.3. The molecule has 5 heterocycles. The number of aliphatic imine (C=N–C) groups is 2. The summed E-state index contributed by atoms with van der Waals surface area (Å²) >= 11 is 0. The van der Waals surface area contributed by atoms with Crippen molar-refractivity contribution in [2.75, 3.05) is 9.80 Å². The van der Waals surface area contributed by atoms with E-state index in [1.807, 2.05) is 30.9 Å². The molecule has 0 radical (unpaired) electrons. The highest BCUT2D eigenvalue weighted by molar-refractivity contribution is 6.01. The lowest BCUT2D eigenvalue weighted by Gasteiger charge is -2.41. The van der Waals surface area contributed by atoms with Gasteiger partial charge in [-0.3, -0.25) is 20.0 Å². The SMILES string of the molecule is CC1=NC(C)(C)C(C)(C)N1c1cncc(-c2cc(-c3ccc(-c4ccccc4)cc3)nc(-c3cncc(N4C(C)=NC(C)(C)C4(C)C)c3)n2)c1. The van der Waals surface area contributed by atoms with Crippen LogP contribution in [0.4, 0.5) is 11.4 Å². The van der Waals surface area contributed by atoms with E-state index in [-0.39, 0.29) is 22.2 Å². The van der Waals surface area contributed by atoms with E-state index < -0.39 is 0 Å². The van der Waals surface area contributed by atoms with Gasteiger partial charge in [0.2, 0.25) is 0 Å². The molecule has 0 bridgehead atoms. The van der Waals surface area contributed by atoms with Crippen LogP contribution in [-0.4, -0.2) is 53.8 Å². The number of rotatable bonds is 6. The maximum absolute atomic E-state index is 5.18. The van der Waals surface area contributed by atoms with Crippen LogP contribution < -0.4 is 9.80 Å². The van der Waals surface area contributed by atoms with Crippen LogP contribution in [0.1, 0.15) is 69.2 Å². The highest BCUT2D eigenvalue weighted by atomic mass is 15.3. The molecule has 7 rings (SSSR count). The minimum Gasteiger partial charge on any atom is -0.321 e. The van der Waals surface area contributed by atoms with Crippen LogP contribution in [-0.2, 0) is 0 Å². The van der Waals surface area contributed by atoms with Gasteiger partial charge in [-0.2, -0.15) is 0 Å². The zero-order valence-electron chi connectivity index (χ0n) is 30.8. The number of amidine groups is 2. The Labute approximate surface area is 296 Å². The van der Waals surface area contributed by atoms with Crippen molar-refractivity contribution < 1.29 is 0 Å². The first kappa shape index (κ1) is 33.3. The summed E-state index contributed by atoms with van der Waals surface area (Å²) in [6.45, 7) is 21.8. The van der Waals surface area contributed by atoms with Crippen LogP contribution in [0.3, 0.4) is 0 Å². The molecule has 0 saturated heterocycles. The summed E-state index contributed by atoms with van der Waals surface area (Å²) < 4.78 is 0. The third kappa shape index (κ3) is 5.47. The van der Waals surface area contributed by atoms with E-state index in [1.54, 1.807) is 0 Å². The summed E-state index contributed by atoms with van der Waals surface area (Å²) in [5, 5.41) is 0. The van der Waals surface area contributed by atoms with Gasteiger partial charge in [0, 0.05) is 29.1 Å². The van der Waals surface area contributed by atoms with E-state index in [1.165, 1.54) is 5.56 Å². The summed E-state index contributed by atoms with van der Waals surface area (Å²) in [6, 6.07) is 25.3. The number of aromatic nitrogens is 4. The lowest BCUT2D eigenvalue weighted by atomic mass is 9.83. The molecule has 3 aromatic heterocycles. The highest BCUT2D eigenvalue weighted by Crippen LogP contribution is 2.43. The molecule has 0 fully saturated rings. The summed E-state index contributed by atoms with van der Waals surface area (Å²) in [5.41, 5.74) is 7.57. The lowest BCUT2D eigenvalue weighted by molar-refractivity contribution is 0.338. The molecule has 2 aromatic carbocycles. The van der Waals surface area contributed by atoms with Crippen LogP contribution >= 0.6 is 0 Å². The number of anilines is 2. The van der Waals surface area contributed by atoms with Crippen molar-refractivity contribution in [3.05, 3.63) is 97.6 Å². The fourth-order valence-electron chi connectivity index (χ4n) is 7.26. The van der Waals surface area contributed by atoms with Crippen LogP contribution in [0.15, 0.2) is 108 Å². The predicted octanol–water partition coefficient (Wildman–Crippen LogP) is 9.53. The van der Waals surface area contributed by atoms with Crippen molar-refractivity contribution in [3.8, 4) is 45.0 Å². The number of hydrogen-bond acceptors (Lipinski definition) is 8. The molecule has 0 N–H and O–H groups in total. The molecule has 8 nitrogen and oxygen atoms in total. The monoisotopic (exact) mass is 662 g/mol. The van der Waals surface area contributed by atoms with E-state index in [2.05, 4.69) is 146 Å². The number of hydrogen-bond donors (Lipinski definition) is 0. The second-order valence-electron chi connectivity index (χ2n) is 15.5. The molecule has 5 aromatic rings. The van der Waals surface area contributed by atoms with Gasteiger partial charge in [-0.1, -0.05) is 54.6 Å². The number of pyridine rings is 2. The van der Waals surface area contributed by atoms with Crippen molar-refractivity contribution in [2.45, 2.75) is 91.4 Å². The minimum atomic E-state index is -0.261. The molecule has 0 saturated carbocycles. The highest BCUT2D eigenvalue weighted by Gasteiger charge is 2.49. The van der Waals surface area contributed by atoms with E-state index in [0.717, 1.165) is 56.7 Å². The van der Waals surface area contributed by atoms with Crippen LogP contribution in [0.5, 0.6) is 0 Å². The third-order valence-electron chi connectivity index (χ3n) is 11.2. The van der Waals surface area contributed by atoms with Gasteiger partial charge in [-0.25, -0.2) is 9.97 Å². The lowest BCUT2D eigenvalue weighted by Crippen LogP contribution is -2.53. The fourth-order valence-corrected chi connectivity index (χ4v) is 7.26. The topological polar surface area (TPSA) is 82.8 Å².